The van der Waals surface area contributed by atoms with Crippen LogP contribution in [-0.4, -0.2) is 20.5 Å². The molecule has 94 valence electrons. The summed E-state index contributed by atoms with van der Waals surface area (Å²) in [6.45, 7) is 1.31. The molecule has 0 N–H and O–H groups in total. The fourth-order valence-corrected chi connectivity index (χ4v) is 1.44. The molecule has 4 nitrogen and oxygen atoms in total. The lowest BCUT2D eigenvalue weighted by molar-refractivity contribution is -0.137. The summed E-state index contributed by atoms with van der Waals surface area (Å²) in [4.78, 5) is 15.2. The molecule has 0 unspecified atom stereocenters. The third-order valence-electron chi connectivity index (χ3n) is 2.29. The normalized spacial score (nSPS) is 11.6. The summed E-state index contributed by atoms with van der Waals surface area (Å²) in [5.74, 6) is -0.206. The van der Waals surface area contributed by atoms with E-state index in [-0.39, 0.29) is 17.2 Å². The number of alkyl halides is 3. The van der Waals surface area contributed by atoms with Gasteiger partial charge in [-0.3, -0.25) is 4.79 Å². The lowest BCUT2D eigenvalue weighted by Gasteiger charge is -2.05. The van der Waals surface area contributed by atoms with Crippen LogP contribution in [0.1, 0.15) is 22.8 Å². The molecule has 0 saturated carbocycles. The molecule has 18 heavy (non-hydrogen) atoms. The molecule has 2 rings (SSSR count). The number of nitrogens with zero attached hydrogens (tertiary/aromatic N) is 3. The highest BCUT2D eigenvalue weighted by molar-refractivity contribution is 5.96. The van der Waals surface area contributed by atoms with Crippen molar-refractivity contribution in [1.29, 1.82) is 0 Å². The predicted molar refractivity (Wildman–Crippen MR) is 56.4 cm³/mol. The topological polar surface area (TPSA) is 47.8 Å². The van der Waals surface area contributed by atoms with Gasteiger partial charge in [0.2, 0.25) is 0 Å². The molecule has 0 aromatic carbocycles. The van der Waals surface area contributed by atoms with Gasteiger partial charge in [-0.05, 0) is 19.1 Å². The number of aromatic nitrogens is 3. The van der Waals surface area contributed by atoms with Crippen LogP contribution in [0.5, 0.6) is 0 Å². The highest BCUT2D eigenvalue weighted by atomic mass is 19.4. The minimum Gasteiger partial charge on any atom is -0.294 e. The Morgan fingerprint density at radius 2 is 2.11 bits per heavy atom. The number of Topliss-reactive ketones (excluding diaryl/α,β-unsaturated/α-hetero) is 1. The van der Waals surface area contributed by atoms with E-state index in [1.54, 1.807) is 0 Å². The highest BCUT2D eigenvalue weighted by Crippen LogP contribution is 2.29. The molecular weight excluding hydrogens is 247 g/mol. The van der Waals surface area contributed by atoms with Gasteiger partial charge in [-0.15, -0.1) is 0 Å². The first-order chi connectivity index (χ1) is 8.39. The lowest BCUT2D eigenvalue weighted by Crippen LogP contribution is -2.07. The molecule has 0 radical (unpaired) electrons. The molecule has 0 aliphatic carbocycles. The molecule has 0 amide bonds. The number of carbonyl (C=O) groups is 1. The van der Waals surface area contributed by atoms with Gasteiger partial charge >= 0.3 is 6.18 Å². The third-order valence-corrected chi connectivity index (χ3v) is 2.29. The summed E-state index contributed by atoms with van der Waals surface area (Å²) >= 11 is 0. The monoisotopic (exact) mass is 255 g/mol. The summed E-state index contributed by atoms with van der Waals surface area (Å²) in [6.07, 6.45) is -1.59. The number of hydrogen-bond acceptors (Lipinski definition) is 3. The summed E-state index contributed by atoms with van der Waals surface area (Å²) in [5.41, 5.74) is -0.669. The first kappa shape index (κ1) is 12.3. The van der Waals surface area contributed by atoms with E-state index in [1.165, 1.54) is 25.3 Å². The Morgan fingerprint density at radius 3 is 2.67 bits per heavy atom. The summed E-state index contributed by atoms with van der Waals surface area (Å²) in [6, 6.07) is 3.02. The van der Waals surface area contributed by atoms with Crippen LogP contribution >= 0.6 is 0 Å². The van der Waals surface area contributed by atoms with Gasteiger partial charge in [0.15, 0.2) is 11.6 Å². The molecule has 0 aliphatic rings. The second-order valence-corrected chi connectivity index (χ2v) is 3.60. The number of hydrogen-bond donors (Lipinski definition) is 0. The zero-order chi connectivity index (χ0) is 13.3. The average molecular weight is 255 g/mol. The van der Waals surface area contributed by atoms with Crippen LogP contribution < -0.4 is 0 Å². The average Bonchev–Trinajstić information content (AvgIpc) is 2.77. The SMILES string of the molecule is CC(=O)c1cccnc1-n1cc(C(F)(F)F)cn1. The molecule has 7 heteroatoms. The van der Waals surface area contributed by atoms with Crippen molar-refractivity contribution in [3.05, 3.63) is 41.9 Å². The smallest absolute Gasteiger partial charge is 0.294 e. The number of halogens is 3. The molecule has 0 aliphatic heterocycles. The van der Waals surface area contributed by atoms with E-state index in [9.17, 15) is 18.0 Å². The van der Waals surface area contributed by atoms with E-state index in [2.05, 4.69) is 10.1 Å². The molecule has 0 atom stereocenters. The predicted octanol–water partition coefficient (Wildman–Crippen LogP) is 2.49. The maximum atomic E-state index is 12.4. The maximum absolute atomic E-state index is 12.4. The quantitative estimate of drug-likeness (QED) is 0.774. The van der Waals surface area contributed by atoms with E-state index in [0.717, 1.165) is 10.9 Å². The second-order valence-electron chi connectivity index (χ2n) is 3.60. The van der Waals surface area contributed by atoms with Crippen LogP contribution in [0.3, 0.4) is 0 Å². The van der Waals surface area contributed by atoms with Crippen molar-refractivity contribution in [1.82, 2.24) is 14.8 Å². The standard InChI is InChI=1S/C11H8F3N3O/c1-7(18)9-3-2-4-15-10(9)17-6-8(5-16-17)11(12,13)14/h2-6H,1H3. The van der Waals surface area contributed by atoms with E-state index in [4.69, 9.17) is 0 Å². The Hall–Kier alpha value is -2.18. The van der Waals surface area contributed by atoms with Gasteiger partial charge in [-0.2, -0.15) is 18.3 Å². The van der Waals surface area contributed by atoms with E-state index in [0.29, 0.717) is 6.20 Å². The number of ketones is 1. The Balaban J connectivity index is 2.50. The van der Waals surface area contributed by atoms with Crippen LogP contribution in [0.2, 0.25) is 0 Å². The number of rotatable bonds is 2. The summed E-state index contributed by atoms with van der Waals surface area (Å²) in [5, 5.41) is 3.58. The van der Waals surface area contributed by atoms with Gasteiger partial charge in [-0.1, -0.05) is 0 Å². The Kier molecular flexibility index (Phi) is 2.90. The number of carbonyl (C=O) groups excluding carboxylic acids is 1. The van der Waals surface area contributed by atoms with Gasteiger partial charge in [0.05, 0.1) is 17.3 Å². The largest absolute Gasteiger partial charge is 0.419 e. The molecule has 0 bridgehead atoms. The van der Waals surface area contributed by atoms with Crippen molar-refractivity contribution in [3.8, 4) is 5.82 Å². The minimum absolute atomic E-state index is 0.0838. The minimum atomic E-state index is -4.47. The van der Waals surface area contributed by atoms with Crippen molar-refractivity contribution in [2.45, 2.75) is 13.1 Å². The highest BCUT2D eigenvalue weighted by Gasteiger charge is 2.32. The van der Waals surface area contributed by atoms with Gasteiger partial charge in [-0.25, -0.2) is 9.67 Å². The van der Waals surface area contributed by atoms with Crippen molar-refractivity contribution >= 4 is 5.78 Å². The first-order valence-corrected chi connectivity index (χ1v) is 4.98. The summed E-state index contributed by atoms with van der Waals surface area (Å²) < 4.78 is 38.3. The van der Waals surface area contributed by atoms with Crippen molar-refractivity contribution in [2.24, 2.45) is 0 Å². The fourth-order valence-electron chi connectivity index (χ4n) is 1.44. The Labute approximate surface area is 100 Å². The Bertz CT molecular complexity index is 589. The van der Waals surface area contributed by atoms with Crippen molar-refractivity contribution in [3.63, 3.8) is 0 Å². The van der Waals surface area contributed by atoms with Gasteiger partial charge < -0.3 is 0 Å². The fraction of sp³-hybridized carbons (Fsp3) is 0.182. The van der Waals surface area contributed by atoms with Crippen molar-refractivity contribution in [2.75, 3.05) is 0 Å². The van der Waals surface area contributed by atoms with E-state index < -0.39 is 11.7 Å². The number of pyridine rings is 1. The van der Waals surface area contributed by atoms with Crippen LogP contribution in [0.4, 0.5) is 13.2 Å². The van der Waals surface area contributed by atoms with Crippen LogP contribution in [-0.2, 0) is 6.18 Å². The molecular formula is C11H8F3N3O. The van der Waals surface area contributed by atoms with Gasteiger partial charge in [0, 0.05) is 12.4 Å². The molecule has 0 saturated heterocycles. The zero-order valence-electron chi connectivity index (χ0n) is 9.27. The third kappa shape index (κ3) is 2.24. The molecule has 0 fully saturated rings. The zero-order valence-corrected chi connectivity index (χ0v) is 9.27. The first-order valence-electron chi connectivity index (χ1n) is 4.98. The lowest BCUT2D eigenvalue weighted by atomic mass is 10.2. The maximum Gasteiger partial charge on any atom is 0.419 e. The summed E-state index contributed by atoms with van der Waals surface area (Å²) in [7, 11) is 0. The molecule has 2 aromatic rings. The van der Waals surface area contributed by atoms with Crippen LogP contribution in [0.25, 0.3) is 5.82 Å². The van der Waals surface area contributed by atoms with Gasteiger partial charge in [0.1, 0.15) is 0 Å². The van der Waals surface area contributed by atoms with E-state index >= 15 is 0 Å². The van der Waals surface area contributed by atoms with Crippen molar-refractivity contribution < 1.29 is 18.0 Å². The second kappa shape index (κ2) is 4.25. The van der Waals surface area contributed by atoms with Gasteiger partial charge in [0.25, 0.3) is 0 Å². The molecule has 2 aromatic heterocycles. The Morgan fingerprint density at radius 1 is 1.39 bits per heavy atom. The van der Waals surface area contributed by atoms with Crippen LogP contribution in [0, 0.1) is 0 Å². The van der Waals surface area contributed by atoms with Crippen LogP contribution in [0.15, 0.2) is 30.7 Å². The van der Waals surface area contributed by atoms with E-state index in [1.807, 2.05) is 0 Å². The molecule has 2 heterocycles. The molecule has 0 spiro atoms.